The van der Waals surface area contributed by atoms with Gasteiger partial charge in [-0.3, -0.25) is 0 Å². The van der Waals surface area contributed by atoms with Crippen molar-refractivity contribution in [3.05, 3.63) is 162 Å². The van der Waals surface area contributed by atoms with Crippen LogP contribution in [-0.2, 0) is 0 Å². The van der Waals surface area contributed by atoms with Crippen molar-refractivity contribution in [3.8, 4) is 33.4 Å². The Morgan fingerprint density at radius 3 is 1.09 bits per heavy atom. The first kappa shape index (κ1) is 29.6. The predicted molar refractivity (Wildman–Crippen MR) is 188 cm³/mol. The first-order chi connectivity index (χ1) is 21.0. The molecule has 1 nitrogen and oxygen atoms in total. The van der Waals surface area contributed by atoms with Gasteiger partial charge in [-0.15, -0.1) is 0 Å². The van der Waals surface area contributed by atoms with Crippen molar-refractivity contribution in [2.45, 2.75) is 41.5 Å². The maximum atomic E-state index is 2.46. The SMILES string of the molecule is CC.Cc1ccc(N(c2ccc(C)c(C)c2)c2c(-c3ccccc3)cc(-c3ccccc3)cc2-c2ccccc2)cc1C. The number of benzene rings is 6. The van der Waals surface area contributed by atoms with Crippen LogP contribution in [0.25, 0.3) is 33.4 Å². The largest absolute Gasteiger partial charge is 0.309 e. The molecule has 0 bridgehead atoms. The minimum absolute atomic E-state index is 1.15. The van der Waals surface area contributed by atoms with E-state index in [-0.39, 0.29) is 0 Å². The van der Waals surface area contributed by atoms with Gasteiger partial charge in [-0.05, 0) is 109 Å². The molecule has 1 heteroatoms. The Morgan fingerprint density at radius 2 is 0.721 bits per heavy atom. The lowest BCUT2D eigenvalue weighted by atomic mass is 9.89. The van der Waals surface area contributed by atoms with Crippen molar-refractivity contribution >= 4 is 17.1 Å². The van der Waals surface area contributed by atoms with Gasteiger partial charge in [-0.1, -0.05) is 117 Å². The van der Waals surface area contributed by atoms with E-state index < -0.39 is 0 Å². The van der Waals surface area contributed by atoms with Crippen molar-refractivity contribution in [3.63, 3.8) is 0 Å². The normalized spacial score (nSPS) is 10.6. The number of aryl methyl sites for hydroxylation is 4. The fourth-order valence-corrected chi connectivity index (χ4v) is 5.48. The molecular formula is C42H41N. The van der Waals surface area contributed by atoms with E-state index in [1.807, 2.05) is 13.8 Å². The van der Waals surface area contributed by atoms with Crippen LogP contribution in [0.3, 0.4) is 0 Å². The lowest BCUT2D eigenvalue weighted by Crippen LogP contribution is -2.13. The molecule has 0 saturated carbocycles. The summed E-state index contributed by atoms with van der Waals surface area (Å²) < 4.78 is 0. The second kappa shape index (κ2) is 13.4. The molecule has 0 aliphatic heterocycles. The minimum atomic E-state index is 1.15. The Hall–Kier alpha value is -4.88. The summed E-state index contributed by atoms with van der Waals surface area (Å²) >= 11 is 0. The maximum absolute atomic E-state index is 2.46. The smallest absolute Gasteiger partial charge is 0.0618 e. The third-order valence-corrected chi connectivity index (χ3v) is 8.11. The van der Waals surface area contributed by atoms with E-state index in [4.69, 9.17) is 0 Å². The van der Waals surface area contributed by atoms with Gasteiger partial charge in [0, 0.05) is 22.5 Å². The van der Waals surface area contributed by atoms with Gasteiger partial charge >= 0.3 is 0 Å². The molecule has 0 saturated heterocycles. The summed E-state index contributed by atoms with van der Waals surface area (Å²) in [6.45, 7) is 12.8. The molecule has 0 radical (unpaired) electrons. The van der Waals surface area contributed by atoms with Crippen molar-refractivity contribution in [2.75, 3.05) is 4.90 Å². The molecule has 0 spiro atoms. The Balaban J connectivity index is 0.00000180. The van der Waals surface area contributed by atoms with E-state index in [2.05, 4.69) is 172 Å². The van der Waals surface area contributed by atoms with Crippen molar-refractivity contribution in [2.24, 2.45) is 0 Å². The number of hydrogen-bond donors (Lipinski definition) is 0. The van der Waals surface area contributed by atoms with Crippen LogP contribution < -0.4 is 4.90 Å². The second-order valence-corrected chi connectivity index (χ2v) is 10.9. The van der Waals surface area contributed by atoms with Crippen LogP contribution >= 0.6 is 0 Å². The van der Waals surface area contributed by atoms with E-state index in [1.165, 1.54) is 61.3 Å². The van der Waals surface area contributed by atoms with Crippen LogP contribution in [0.5, 0.6) is 0 Å². The quantitative estimate of drug-likeness (QED) is 0.196. The highest BCUT2D eigenvalue weighted by Gasteiger charge is 2.24. The van der Waals surface area contributed by atoms with E-state index >= 15 is 0 Å². The first-order valence-corrected chi connectivity index (χ1v) is 15.3. The lowest BCUT2D eigenvalue weighted by Gasteiger charge is -2.32. The molecule has 0 amide bonds. The molecule has 0 N–H and O–H groups in total. The van der Waals surface area contributed by atoms with E-state index in [9.17, 15) is 0 Å². The fraction of sp³-hybridized carbons (Fsp3) is 0.143. The summed E-state index contributed by atoms with van der Waals surface area (Å²) in [5.41, 5.74) is 15.8. The number of rotatable bonds is 6. The van der Waals surface area contributed by atoms with Gasteiger partial charge < -0.3 is 4.90 Å². The predicted octanol–water partition coefficient (Wildman–Crippen LogP) is 12.4. The molecule has 0 atom stereocenters. The zero-order valence-electron chi connectivity index (χ0n) is 26.2. The molecule has 0 aliphatic carbocycles. The molecule has 0 heterocycles. The Bertz CT molecular complexity index is 1690. The Morgan fingerprint density at radius 1 is 0.349 bits per heavy atom. The first-order valence-electron chi connectivity index (χ1n) is 15.3. The van der Waals surface area contributed by atoms with Gasteiger partial charge in [0.2, 0.25) is 0 Å². The number of hydrogen-bond acceptors (Lipinski definition) is 1. The Labute approximate surface area is 258 Å². The number of nitrogens with zero attached hydrogens (tertiary/aromatic N) is 1. The average Bonchev–Trinajstić information content (AvgIpc) is 3.06. The minimum Gasteiger partial charge on any atom is -0.309 e. The van der Waals surface area contributed by atoms with Gasteiger partial charge in [0.05, 0.1) is 5.69 Å². The maximum Gasteiger partial charge on any atom is 0.0618 e. The van der Waals surface area contributed by atoms with E-state index in [1.54, 1.807) is 0 Å². The topological polar surface area (TPSA) is 3.24 Å². The standard InChI is InChI=1S/C40H35N.C2H6/c1-28-20-22-36(24-30(28)3)41(37-23-21-29(2)31(4)25-37)40-38(33-16-10-6-11-17-33)26-35(32-14-8-5-9-15-32)27-39(40)34-18-12-7-13-19-34;1-2/h5-27H,1-4H3;1-2H3. The second-order valence-electron chi connectivity index (χ2n) is 10.9. The van der Waals surface area contributed by atoms with Crippen LogP contribution in [0.2, 0.25) is 0 Å². The fourth-order valence-electron chi connectivity index (χ4n) is 5.48. The van der Waals surface area contributed by atoms with Gasteiger partial charge in [0.1, 0.15) is 0 Å². The third kappa shape index (κ3) is 6.32. The average molecular weight is 560 g/mol. The molecule has 43 heavy (non-hydrogen) atoms. The highest BCUT2D eigenvalue weighted by molar-refractivity contribution is 6.00. The van der Waals surface area contributed by atoms with Crippen LogP contribution in [0.15, 0.2) is 140 Å². The molecular weight excluding hydrogens is 518 g/mol. The molecule has 6 aromatic rings. The molecule has 0 aliphatic rings. The molecule has 0 fully saturated rings. The van der Waals surface area contributed by atoms with Crippen LogP contribution in [0.4, 0.5) is 17.1 Å². The molecule has 0 aromatic heterocycles. The summed E-state index contributed by atoms with van der Waals surface area (Å²) in [6.07, 6.45) is 0. The monoisotopic (exact) mass is 559 g/mol. The molecule has 6 rings (SSSR count). The zero-order valence-corrected chi connectivity index (χ0v) is 26.2. The highest BCUT2D eigenvalue weighted by Crippen LogP contribution is 2.49. The molecule has 0 unspecified atom stereocenters. The van der Waals surface area contributed by atoms with Gasteiger partial charge in [0.15, 0.2) is 0 Å². The molecule has 214 valence electrons. The van der Waals surface area contributed by atoms with Crippen LogP contribution in [-0.4, -0.2) is 0 Å². The lowest BCUT2D eigenvalue weighted by molar-refractivity contribution is 1.23. The van der Waals surface area contributed by atoms with Gasteiger partial charge in [-0.2, -0.15) is 0 Å². The summed E-state index contributed by atoms with van der Waals surface area (Å²) in [5.74, 6) is 0. The number of anilines is 3. The summed E-state index contributed by atoms with van der Waals surface area (Å²) in [4.78, 5) is 2.46. The van der Waals surface area contributed by atoms with Crippen molar-refractivity contribution < 1.29 is 0 Å². The highest BCUT2D eigenvalue weighted by atomic mass is 15.1. The molecule has 6 aromatic carbocycles. The van der Waals surface area contributed by atoms with Crippen LogP contribution in [0, 0.1) is 27.7 Å². The Kier molecular flexibility index (Phi) is 9.23. The van der Waals surface area contributed by atoms with Gasteiger partial charge in [0.25, 0.3) is 0 Å². The summed E-state index contributed by atoms with van der Waals surface area (Å²) in [6, 6.07) is 50.7. The third-order valence-electron chi connectivity index (χ3n) is 8.11. The van der Waals surface area contributed by atoms with E-state index in [0.717, 1.165) is 11.4 Å². The zero-order chi connectivity index (χ0) is 30.3. The van der Waals surface area contributed by atoms with Crippen molar-refractivity contribution in [1.82, 2.24) is 0 Å². The summed E-state index contributed by atoms with van der Waals surface area (Å²) in [7, 11) is 0. The van der Waals surface area contributed by atoms with Gasteiger partial charge in [-0.25, -0.2) is 0 Å². The summed E-state index contributed by atoms with van der Waals surface area (Å²) in [5, 5.41) is 0. The van der Waals surface area contributed by atoms with Crippen LogP contribution in [0.1, 0.15) is 36.1 Å². The van der Waals surface area contributed by atoms with Crippen molar-refractivity contribution in [1.29, 1.82) is 0 Å². The van der Waals surface area contributed by atoms with E-state index in [0.29, 0.717) is 0 Å².